The number of amides is 2. The fraction of sp³-hybridized carbons (Fsp3) is 0.316. The molecule has 296 valence electrons. The smallest absolute Gasteiger partial charge is 0.298 e. The fourth-order valence-corrected chi connectivity index (χ4v) is 6.44. The van der Waals surface area contributed by atoms with Gasteiger partial charge >= 0.3 is 0 Å². The second-order valence-electron chi connectivity index (χ2n) is 12.3. The van der Waals surface area contributed by atoms with Crippen molar-refractivity contribution in [2.75, 3.05) is 46.6 Å². The molecule has 0 bridgehead atoms. The predicted molar refractivity (Wildman–Crippen MR) is 225 cm³/mol. The summed E-state index contributed by atoms with van der Waals surface area (Å²) in [5.41, 5.74) is 4.71. The minimum Gasteiger partial charge on any atom is -0.372 e. The molecule has 2 amide bonds. The Morgan fingerprint density at radius 3 is 1.45 bits per heavy atom. The summed E-state index contributed by atoms with van der Waals surface area (Å²) in [6, 6.07) is 16.9. The summed E-state index contributed by atoms with van der Waals surface area (Å²) in [6.07, 6.45) is 0. The number of anilines is 4. The number of nitrogens with one attached hydrogen (secondary N) is 2. The van der Waals surface area contributed by atoms with Gasteiger partial charge in [-0.2, -0.15) is 0 Å². The largest absolute Gasteiger partial charge is 0.372 e. The molecule has 4 aromatic carbocycles. The van der Waals surface area contributed by atoms with E-state index in [0.717, 1.165) is 43.1 Å². The Kier molecular flexibility index (Phi) is 16.5. The maximum absolute atomic E-state index is 11.6. The molecule has 0 atom stereocenters. The molecule has 0 spiro atoms. The number of aryl methyl sites for hydroxylation is 2. The number of nitro groups is 2. The monoisotopic (exact) mass is 850 g/mol. The normalized spacial score (nSPS) is 10.9. The molecule has 56 heavy (non-hydrogen) atoms. The van der Waals surface area contributed by atoms with E-state index in [1.807, 2.05) is 45.9 Å². The highest BCUT2D eigenvalue weighted by Gasteiger charge is 2.20. The molecule has 0 aliphatic heterocycles. The van der Waals surface area contributed by atoms with Crippen molar-refractivity contribution in [3.8, 4) is 0 Å². The highest BCUT2D eigenvalue weighted by atomic mass is 79.9. The van der Waals surface area contributed by atoms with Crippen LogP contribution in [-0.4, -0.2) is 47.8 Å². The number of halogens is 2. The van der Waals surface area contributed by atoms with Gasteiger partial charge in [0.05, 0.1) is 30.7 Å². The summed E-state index contributed by atoms with van der Waals surface area (Å²) < 4.78 is 0.476. The summed E-state index contributed by atoms with van der Waals surface area (Å²) in [7, 11) is 0. The molecule has 4 rings (SSSR count). The SMILES string of the molecule is CCN(CC)c1ccc(N=Nc2c(Br)cc(C)cc2[N+](=O)[O-])c(NC(C)=O)c1.CCN(CC)c1ccc(N=Nc2c(Cl)cc(C)cc2[N+](=O)[O-])c(NC(C)=O)c1. The maximum atomic E-state index is 11.6. The number of carbonyl (C=O) groups is 2. The van der Waals surface area contributed by atoms with Gasteiger partial charge in [0, 0.05) is 63.5 Å². The maximum Gasteiger partial charge on any atom is 0.298 e. The van der Waals surface area contributed by atoms with Crippen LogP contribution in [0.3, 0.4) is 0 Å². The molecule has 0 aliphatic rings. The predicted octanol–water partition coefficient (Wildman–Crippen LogP) is 11.7. The highest BCUT2D eigenvalue weighted by Crippen LogP contribution is 2.40. The first-order chi connectivity index (χ1) is 26.5. The minimum atomic E-state index is -0.550. The highest BCUT2D eigenvalue weighted by molar-refractivity contribution is 9.10. The number of nitro benzene ring substituents is 2. The van der Waals surface area contributed by atoms with E-state index < -0.39 is 9.85 Å². The Labute approximate surface area is 338 Å². The molecule has 0 fully saturated rings. The van der Waals surface area contributed by atoms with Crippen LogP contribution in [0.5, 0.6) is 0 Å². The molecule has 2 N–H and O–H groups in total. The molecule has 0 aliphatic carbocycles. The van der Waals surface area contributed by atoms with Crippen molar-refractivity contribution < 1.29 is 19.4 Å². The number of hydrogen-bond donors (Lipinski definition) is 2. The van der Waals surface area contributed by atoms with E-state index in [-0.39, 0.29) is 39.6 Å². The molecule has 0 aromatic heterocycles. The second-order valence-corrected chi connectivity index (χ2v) is 13.5. The molecule has 16 nitrogen and oxygen atoms in total. The van der Waals surface area contributed by atoms with Crippen LogP contribution in [0.4, 0.5) is 56.9 Å². The zero-order valence-corrected chi connectivity index (χ0v) is 34.7. The van der Waals surface area contributed by atoms with E-state index in [1.54, 1.807) is 44.2 Å². The van der Waals surface area contributed by atoms with Crippen molar-refractivity contribution in [3.63, 3.8) is 0 Å². The molecule has 0 radical (unpaired) electrons. The molecule has 0 saturated carbocycles. The molecule has 0 unspecified atom stereocenters. The molecule has 0 heterocycles. The van der Waals surface area contributed by atoms with Crippen LogP contribution in [0.2, 0.25) is 5.02 Å². The number of carbonyl (C=O) groups excluding carboxylic acids is 2. The van der Waals surface area contributed by atoms with Crippen LogP contribution in [0.15, 0.2) is 85.6 Å². The standard InChI is InChI=1S/C19H22BrN5O3.C19H22ClN5O3/c2*1-5-24(6-2)14-7-8-16(17(11-14)21-13(4)26)22-23-19-15(20)9-12(3)10-18(19)25(27)28/h2*7-11H,5-6H2,1-4H3,(H,21,26). The number of nitrogens with zero attached hydrogens (tertiary/aromatic N) is 8. The van der Waals surface area contributed by atoms with Gasteiger partial charge in [0.2, 0.25) is 11.8 Å². The van der Waals surface area contributed by atoms with E-state index in [4.69, 9.17) is 11.6 Å². The van der Waals surface area contributed by atoms with Crippen LogP contribution in [0.25, 0.3) is 0 Å². The van der Waals surface area contributed by atoms with Crippen LogP contribution < -0.4 is 20.4 Å². The van der Waals surface area contributed by atoms with Gasteiger partial charge in [0.1, 0.15) is 11.4 Å². The summed E-state index contributed by atoms with van der Waals surface area (Å²) >= 11 is 9.45. The van der Waals surface area contributed by atoms with Gasteiger partial charge in [-0.1, -0.05) is 11.6 Å². The lowest BCUT2D eigenvalue weighted by atomic mass is 10.2. The van der Waals surface area contributed by atoms with Crippen LogP contribution in [0.1, 0.15) is 52.7 Å². The van der Waals surface area contributed by atoms with E-state index in [2.05, 4.69) is 56.8 Å². The lowest BCUT2D eigenvalue weighted by Crippen LogP contribution is -2.21. The Hall–Kier alpha value is -5.81. The third-order valence-electron chi connectivity index (χ3n) is 8.12. The first-order valence-electron chi connectivity index (χ1n) is 17.6. The van der Waals surface area contributed by atoms with Gasteiger partial charge in [-0.15, -0.1) is 20.5 Å². The van der Waals surface area contributed by atoms with E-state index >= 15 is 0 Å². The summed E-state index contributed by atoms with van der Waals surface area (Å²) in [5.74, 6) is -0.497. The average Bonchev–Trinajstić information content (AvgIpc) is 3.12. The van der Waals surface area contributed by atoms with Gasteiger partial charge in [-0.3, -0.25) is 29.8 Å². The van der Waals surface area contributed by atoms with Crippen molar-refractivity contribution in [3.05, 3.63) is 102 Å². The third kappa shape index (κ3) is 12.1. The van der Waals surface area contributed by atoms with Gasteiger partial charge in [-0.05, 0) is 117 Å². The van der Waals surface area contributed by atoms with Gasteiger partial charge in [-0.25, -0.2) is 0 Å². The molecular weight excluding hydrogens is 808 g/mol. The van der Waals surface area contributed by atoms with E-state index in [9.17, 15) is 29.8 Å². The van der Waals surface area contributed by atoms with Gasteiger partial charge in [0.25, 0.3) is 11.4 Å². The topological polar surface area (TPSA) is 200 Å². The number of hydrogen-bond acceptors (Lipinski definition) is 12. The van der Waals surface area contributed by atoms with Gasteiger partial charge in [0.15, 0.2) is 11.4 Å². The number of rotatable bonds is 14. The molecular formula is C38H44BrClN10O6. The number of azo groups is 2. The lowest BCUT2D eigenvalue weighted by Gasteiger charge is -2.22. The second kappa shape index (κ2) is 20.8. The Morgan fingerprint density at radius 1 is 0.661 bits per heavy atom. The minimum absolute atomic E-state index is 0.0288. The first kappa shape index (κ1) is 44.6. The lowest BCUT2D eigenvalue weighted by molar-refractivity contribution is -0.384. The average molecular weight is 852 g/mol. The quantitative estimate of drug-likeness (QED) is 0.0708. The Bertz CT molecular complexity index is 2010. The molecule has 18 heteroatoms. The molecule has 4 aromatic rings. The van der Waals surface area contributed by atoms with Crippen molar-refractivity contribution in [2.45, 2.75) is 55.4 Å². The summed E-state index contributed by atoms with van der Waals surface area (Å²) in [5, 5.41) is 44.7. The van der Waals surface area contributed by atoms with Crippen LogP contribution >= 0.6 is 27.5 Å². The van der Waals surface area contributed by atoms with E-state index in [0.29, 0.717) is 32.8 Å². The van der Waals surface area contributed by atoms with Crippen molar-refractivity contribution in [1.29, 1.82) is 0 Å². The summed E-state index contributed by atoms with van der Waals surface area (Å²) in [6.45, 7) is 17.7. The number of benzene rings is 4. The first-order valence-corrected chi connectivity index (χ1v) is 18.8. The van der Waals surface area contributed by atoms with E-state index in [1.165, 1.54) is 26.0 Å². The third-order valence-corrected chi connectivity index (χ3v) is 9.02. The zero-order valence-electron chi connectivity index (χ0n) is 32.4. The fourth-order valence-electron chi connectivity index (χ4n) is 5.49. The van der Waals surface area contributed by atoms with Crippen LogP contribution in [-0.2, 0) is 9.59 Å². The zero-order chi connectivity index (χ0) is 41.7. The van der Waals surface area contributed by atoms with Crippen LogP contribution in [0, 0.1) is 34.1 Å². The Balaban J connectivity index is 0.000000300. The summed E-state index contributed by atoms with van der Waals surface area (Å²) in [4.78, 5) is 49.1. The Morgan fingerprint density at radius 2 is 1.05 bits per heavy atom. The van der Waals surface area contributed by atoms with Crippen molar-refractivity contribution >= 4 is 96.2 Å². The van der Waals surface area contributed by atoms with Gasteiger partial charge < -0.3 is 20.4 Å². The molecule has 0 saturated heterocycles. The van der Waals surface area contributed by atoms with Crippen molar-refractivity contribution in [1.82, 2.24) is 0 Å². The van der Waals surface area contributed by atoms with Crippen molar-refractivity contribution in [2.24, 2.45) is 20.5 Å².